The van der Waals surface area contributed by atoms with E-state index in [1.165, 1.54) is 11.0 Å². The first-order valence-corrected chi connectivity index (χ1v) is 20.4. The van der Waals surface area contributed by atoms with E-state index in [1.54, 1.807) is 37.2 Å². The van der Waals surface area contributed by atoms with E-state index in [0.29, 0.717) is 77.9 Å². The molecule has 2 saturated heterocycles. The number of benzene rings is 3. The Morgan fingerprint density at radius 3 is 2.46 bits per heavy atom. The first-order chi connectivity index (χ1) is 28.3. The number of carbonyl (C=O) groups is 4. The smallest absolute Gasteiger partial charge is 0.269 e. The van der Waals surface area contributed by atoms with Crippen molar-refractivity contribution in [3.05, 3.63) is 88.8 Å². The van der Waals surface area contributed by atoms with Gasteiger partial charge in [0, 0.05) is 95.6 Å². The fraction of sp³-hybridized carbons (Fsp3) is 0.400. The molecular formula is C45H50F2N8O4. The molecule has 14 heteroatoms. The molecule has 0 spiro atoms. The molecule has 3 aromatic carbocycles. The van der Waals surface area contributed by atoms with E-state index >= 15 is 8.78 Å². The number of fused-ring (bicyclic) bond motifs is 2. The quantitative estimate of drug-likeness (QED) is 0.179. The number of para-hydroxylation sites is 1. The van der Waals surface area contributed by atoms with Gasteiger partial charge in [-0.1, -0.05) is 44.2 Å². The molecule has 2 N–H and O–H groups in total. The molecule has 308 valence electrons. The van der Waals surface area contributed by atoms with Gasteiger partial charge in [0.1, 0.15) is 11.5 Å². The number of amides is 4. The Morgan fingerprint density at radius 1 is 0.966 bits per heavy atom. The number of H-pyrrole nitrogens is 1. The van der Waals surface area contributed by atoms with E-state index in [0.717, 1.165) is 42.5 Å². The van der Waals surface area contributed by atoms with Gasteiger partial charge in [0.25, 0.3) is 5.91 Å². The van der Waals surface area contributed by atoms with Crippen molar-refractivity contribution in [3.63, 3.8) is 0 Å². The second-order valence-corrected chi connectivity index (χ2v) is 16.5. The van der Waals surface area contributed by atoms with Crippen LogP contribution in [0, 0.1) is 17.6 Å². The lowest BCUT2D eigenvalue weighted by Gasteiger charge is -2.36. The number of nitrogens with zero attached hydrogens (tertiary/aromatic N) is 6. The van der Waals surface area contributed by atoms with Crippen molar-refractivity contribution >= 4 is 56.7 Å². The number of hydrogen-bond acceptors (Lipinski definition) is 7. The number of imide groups is 1. The minimum absolute atomic E-state index is 0.000957. The summed E-state index contributed by atoms with van der Waals surface area (Å²) in [7, 11) is 5.14. The zero-order valence-corrected chi connectivity index (χ0v) is 34.2. The molecule has 5 heterocycles. The first kappa shape index (κ1) is 39.9. The van der Waals surface area contributed by atoms with Crippen LogP contribution in [0.5, 0.6) is 0 Å². The number of rotatable bonds is 9. The summed E-state index contributed by atoms with van der Waals surface area (Å²) in [6, 6.07) is 14.5. The number of nitrogens with one attached hydrogen (secondary N) is 2. The highest BCUT2D eigenvalue weighted by molar-refractivity contribution is 6.05. The van der Waals surface area contributed by atoms with Crippen molar-refractivity contribution in [1.29, 1.82) is 0 Å². The number of aryl methyl sites for hydroxylation is 1. The van der Waals surface area contributed by atoms with E-state index in [1.807, 2.05) is 54.8 Å². The van der Waals surface area contributed by atoms with Crippen molar-refractivity contribution < 1.29 is 28.0 Å². The Bertz CT molecular complexity index is 2530. The number of halogens is 2. The van der Waals surface area contributed by atoms with E-state index in [4.69, 9.17) is 5.10 Å². The molecular weight excluding hydrogens is 755 g/mol. The maximum Gasteiger partial charge on any atom is 0.269 e. The van der Waals surface area contributed by atoms with Gasteiger partial charge in [0.05, 0.1) is 28.3 Å². The van der Waals surface area contributed by atoms with E-state index in [9.17, 15) is 19.2 Å². The van der Waals surface area contributed by atoms with E-state index < -0.39 is 17.6 Å². The van der Waals surface area contributed by atoms with E-state index in [-0.39, 0.29) is 47.3 Å². The van der Waals surface area contributed by atoms with Crippen LogP contribution < -0.4 is 10.2 Å². The third-order valence-electron chi connectivity index (χ3n) is 12.0. The molecule has 4 amide bonds. The van der Waals surface area contributed by atoms with E-state index in [2.05, 4.69) is 21.3 Å². The summed E-state index contributed by atoms with van der Waals surface area (Å²) < 4.78 is 34.5. The van der Waals surface area contributed by atoms with Gasteiger partial charge >= 0.3 is 0 Å². The predicted molar refractivity (Wildman–Crippen MR) is 224 cm³/mol. The lowest BCUT2D eigenvalue weighted by molar-refractivity contribution is -0.135. The molecule has 2 fully saturated rings. The van der Waals surface area contributed by atoms with Gasteiger partial charge in [-0.15, -0.1) is 0 Å². The van der Waals surface area contributed by atoms with Gasteiger partial charge in [-0.25, -0.2) is 8.78 Å². The molecule has 5 aromatic rings. The molecule has 0 saturated carbocycles. The van der Waals surface area contributed by atoms with Gasteiger partial charge in [-0.05, 0) is 65.8 Å². The molecule has 1 atom stereocenters. The average molecular weight is 805 g/mol. The van der Waals surface area contributed by atoms with Crippen LogP contribution >= 0.6 is 0 Å². The Hall–Kier alpha value is -5.89. The third kappa shape index (κ3) is 7.61. The van der Waals surface area contributed by atoms with Crippen molar-refractivity contribution in [1.82, 2.24) is 34.8 Å². The summed E-state index contributed by atoms with van der Waals surface area (Å²) in [6.45, 7) is 8.04. The lowest BCUT2D eigenvalue weighted by Crippen LogP contribution is -2.47. The van der Waals surface area contributed by atoms with Crippen molar-refractivity contribution in [2.45, 2.75) is 45.4 Å². The molecule has 0 aliphatic carbocycles. The molecule has 3 aliphatic heterocycles. The SMILES string of the molecule is CC(C)C(=O)N1CCC=C(c2cc(-c3ccc(N4CCN(CCc5cccc6c(C7CCC(=O)NC7=O)nn(C)c56)CC4)c(F)c3)c3cc(C(=O)N(C)C)[nH]c3c2F)C1. The Kier molecular flexibility index (Phi) is 10.9. The van der Waals surface area contributed by atoms with Crippen LogP contribution in [0.25, 0.3) is 38.5 Å². The molecule has 1 unspecified atom stereocenters. The van der Waals surface area contributed by atoms with Crippen LogP contribution in [0.2, 0.25) is 0 Å². The fourth-order valence-electron chi connectivity index (χ4n) is 8.86. The van der Waals surface area contributed by atoms with Gasteiger partial charge in [-0.2, -0.15) is 5.10 Å². The minimum Gasteiger partial charge on any atom is -0.367 e. The maximum absolute atomic E-state index is 16.5. The molecule has 8 rings (SSSR count). The van der Waals surface area contributed by atoms with Crippen molar-refractivity contribution in [2.75, 3.05) is 64.8 Å². The maximum atomic E-state index is 16.5. The molecule has 12 nitrogen and oxygen atoms in total. The zero-order valence-electron chi connectivity index (χ0n) is 34.2. The summed E-state index contributed by atoms with van der Waals surface area (Å²) in [5.41, 5.74) is 5.80. The largest absolute Gasteiger partial charge is 0.367 e. The Labute approximate surface area is 341 Å². The summed E-state index contributed by atoms with van der Waals surface area (Å²) in [6.07, 6.45) is 4.05. The number of aromatic nitrogens is 3. The molecule has 3 aliphatic rings. The minimum atomic E-state index is -0.518. The molecule has 2 aromatic heterocycles. The number of piperazine rings is 1. The topological polar surface area (TPSA) is 127 Å². The van der Waals surface area contributed by atoms with Crippen LogP contribution in [-0.4, -0.2) is 113 Å². The van der Waals surface area contributed by atoms with Gasteiger partial charge < -0.3 is 19.7 Å². The first-order valence-electron chi connectivity index (χ1n) is 20.4. The molecule has 0 radical (unpaired) electrons. The Morgan fingerprint density at radius 2 is 1.75 bits per heavy atom. The summed E-state index contributed by atoms with van der Waals surface area (Å²) in [4.78, 5) is 60.9. The second kappa shape index (κ2) is 16.0. The predicted octanol–water partition coefficient (Wildman–Crippen LogP) is 5.86. The highest BCUT2D eigenvalue weighted by atomic mass is 19.1. The zero-order chi connectivity index (χ0) is 41.7. The second-order valence-electron chi connectivity index (χ2n) is 16.5. The summed E-state index contributed by atoms with van der Waals surface area (Å²) in [5, 5.41) is 8.58. The number of piperidine rings is 1. The van der Waals surface area contributed by atoms with Crippen LogP contribution in [0.1, 0.15) is 66.3 Å². The number of carbonyl (C=O) groups excluding carboxylic acids is 4. The van der Waals surface area contributed by atoms with Crippen molar-refractivity contribution in [2.24, 2.45) is 13.0 Å². The van der Waals surface area contributed by atoms with Gasteiger partial charge in [0.15, 0.2) is 5.82 Å². The van der Waals surface area contributed by atoms with Gasteiger partial charge in [-0.3, -0.25) is 34.1 Å². The highest BCUT2D eigenvalue weighted by Crippen LogP contribution is 2.39. The summed E-state index contributed by atoms with van der Waals surface area (Å²) in [5.74, 6) is -2.43. The number of aromatic amines is 1. The van der Waals surface area contributed by atoms with Crippen LogP contribution in [-0.2, 0) is 27.9 Å². The van der Waals surface area contributed by atoms with Crippen molar-refractivity contribution in [3.8, 4) is 11.1 Å². The monoisotopic (exact) mass is 804 g/mol. The number of hydrogen-bond donors (Lipinski definition) is 2. The summed E-state index contributed by atoms with van der Waals surface area (Å²) >= 11 is 0. The number of anilines is 1. The normalized spacial score (nSPS) is 17.9. The van der Waals surface area contributed by atoms with Crippen LogP contribution in [0.4, 0.5) is 14.5 Å². The lowest BCUT2D eigenvalue weighted by atomic mass is 9.92. The highest BCUT2D eigenvalue weighted by Gasteiger charge is 2.32. The molecule has 0 bridgehead atoms. The van der Waals surface area contributed by atoms with Crippen LogP contribution in [0.15, 0.2) is 54.6 Å². The standard InChI is InChI=1S/C45H50F2N8O4/c1-26(2)44(58)55-16-7-9-29(25-55)33-23-32(34-24-36(45(59)51(3)4)48-41(34)39(33)47)28-11-13-37(35(46)22-28)54-20-18-53(19-21-54)17-15-27-8-6-10-30-40(50-52(5)42(27)30)31-12-14-38(56)49-43(31)57/h6,8-11,13,22-24,26,31,48H,7,12,14-21,25H2,1-5H3,(H,49,56,57). The fourth-order valence-corrected chi connectivity index (χ4v) is 8.86. The third-order valence-corrected chi connectivity index (χ3v) is 12.0. The van der Waals surface area contributed by atoms with Gasteiger partial charge in [0.2, 0.25) is 17.7 Å². The van der Waals surface area contributed by atoms with Crippen LogP contribution in [0.3, 0.4) is 0 Å². The Balaban J connectivity index is 0.999. The average Bonchev–Trinajstić information content (AvgIpc) is 3.82. The molecule has 59 heavy (non-hydrogen) atoms.